The first-order valence-corrected chi connectivity index (χ1v) is 8.93. The standard InChI is InChI=1S/C19H17ClN4O3.2ClH/c20-16-6-12-5-13(7-17(25)26)19(27)24(9-11-1-3-21-4-2-11)10-15(12)14-8-22-23-18(14)16;;/h1-4,6,8,13H,5,7,9-10H2,(H,22,23)(H,25,26);2*1H/t13-;;/m0../s1. The van der Waals surface area contributed by atoms with Crippen LogP contribution in [0, 0.1) is 5.92 Å². The number of benzene rings is 1. The Labute approximate surface area is 184 Å². The molecule has 1 aliphatic rings. The third-order valence-corrected chi connectivity index (χ3v) is 5.21. The number of aliphatic carboxylic acids is 1. The second-order valence-electron chi connectivity index (χ2n) is 6.70. The zero-order chi connectivity index (χ0) is 19.0. The van der Waals surface area contributed by atoms with Crippen LogP contribution in [0.25, 0.3) is 10.9 Å². The van der Waals surface area contributed by atoms with E-state index in [1.54, 1.807) is 23.5 Å². The largest absolute Gasteiger partial charge is 0.481 e. The maximum Gasteiger partial charge on any atom is 0.304 e. The predicted molar refractivity (Wildman–Crippen MR) is 114 cm³/mol. The van der Waals surface area contributed by atoms with Gasteiger partial charge in [0.25, 0.3) is 0 Å². The number of rotatable bonds is 4. The van der Waals surface area contributed by atoms with Gasteiger partial charge in [0.2, 0.25) is 5.91 Å². The van der Waals surface area contributed by atoms with Gasteiger partial charge in [0.15, 0.2) is 0 Å². The summed E-state index contributed by atoms with van der Waals surface area (Å²) in [6, 6.07) is 5.51. The molecular formula is C19H19Cl3N4O3. The lowest BCUT2D eigenvalue weighted by Crippen LogP contribution is -2.35. The van der Waals surface area contributed by atoms with Crippen molar-refractivity contribution in [1.29, 1.82) is 0 Å². The number of hydrogen-bond acceptors (Lipinski definition) is 4. The van der Waals surface area contributed by atoms with Crippen LogP contribution in [0.5, 0.6) is 0 Å². The summed E-state index contributed by atoms with van der Waals surface area (Å²) in [5.74, 6) is -1.79. The van der Waals surface area contributed by atoms with Crippen LogP contribution in [0.3, 0.4) is 0 Å². The molecule has 0 unspecified atom stereocenters. The highest BCUT2D eigenvalue weighted by molar-refractivity contribution is 6.35. The van der Waals surface area contributed by atoms with Crippen LogP contribution in [0.1, 0.15) is 23.1 Å². The van der Waals surface area contributed by atoms with E-state index in [-0.39, 0.29) is 37.1 Å². The third-order valence-electron chi connectivity index (χ3n) is 4.91. The molecule has 7 nitrogen and oxygen atoms in total. The molecule has 2 N–H and O–H groups in total. The van der Waals surface area contributed by atoms with Crippen LogP contribution in [-0.4, -0.2) is 37.1 Å². The van der Waals surface area contributed by atoms with Crippen LogP contribution >= 0.6 is 36.4 Å². The fourth-order valence-electron chi connectivity index (χ4n) is 3.64. The van der Waals surface area contributed by atoms with Crippen molar-refractivity contribution in [2.75, 3.05) is 0 Å². The fraction of sp³-hybridized carbons (Fsp3) is 0.263. The Bertz CT molecular complexity index is 1030. The van der Waals surface area contributed by atoms with Gasteiger partial charge in [-0.3, -0.25) is 19.7 Å². The Morgan fingerprint density at radius 2 is 2.03 bits per heavy atom. The molecule has 0 fully saturated rings. The van der Waals surface area contributed by atoms with Crippen molar-refractivity contribution < 1.29 is 14.7 Å². The lowest BCUT2D eigenvalue weighted by atomic mass is 9.93. The first-order valence-electron chi connectivity index (χ1n) is 8.55. The molecule has 2 aromatic heterocycles. The summed E-state index contributed by atoms with van der Waals surface area (Å²) in [6.45, 7) is 0.763. The van der Waals surface area contributed by atoms with Gasteiger partial charge < -0.3 is 10.0 Å². The number of nitrogens with zero attached hydrogens (tertiary/aromatic N) is 3. The molecule has 0 saturated carbocycles. The number of aromatic nitrogens is 3. The first-order chi connectivity index (χ1) is 13.0. The monoisotopic (exact) mass is 456 g/mol. The molecule has 0 bridgehead atoms. The molecular weight excluding hydrogens is 439 g/mol. The topological polar surface area (TPSA) is 99.2 Å². The van der Waals surface area contributed by atoms with Gasteiger partial charge in [-0.25, -0.2) is 0 Å². The van der Waals surface area contributed by atoms with Crippen LogP contribution in [0.15, 0.2) is 36.8 Å². The molecule has 0 aliphatic carbocycles. The number of amides is 1. The lowest BCUT2D eigenvalue weighted by Gasteiger charge is -2.24. The highest BCUT2D eigenvalue weighted by atomic mass is 35.5. The van der Waals surface area contributed by atoms with Crippen molar-refractivity contribution in [3.8, 4) is 0 Å². The number of carboxylic acids is 1. The highest BCUT2D eigenvalue weighted by Gasteiger charge is 2.32. The van der Waals surface area contributed by atoms with Crippen LogP contribution in [0.4, 0.5) is 0 Å². The summed E-state index contributed by atoms with van der Waals surface area (Å²) in [6.07, 6.45) is 5.18. The third kappa shape index (κ3) is 4.63. The minimum atomic E-state index is -0.990. The number of H-pyrrole nitrogens is 1. The van der Waals surface area contributed by atoms with Gasteiger partial charge in [-0.2, -0.15) is 5.10 Å². The van der Waals surface area contributed by atoms with Crippen molar-refractivity contribution in [3.63, 3.8) is 0 Å². The number of fused-ring (bicyclic) bond motifs is 3. The number of carbonyl (C=O) groups is 2. The van der Waals surface area contributed by atoms with Gasteiger partial charge in [-0.15, -0.1) is 24.8 Å². The summed E-state index contributed by atoms with van der Waals surface area (Å²) in [5, 5.41) is 17.6. The second-order valence-corrected chi connectivity index (χ2v) is 7.11. The Morgan fingerprint density at radius 1 is 1.31 bits per heavy atom. The zero-order valence-electron chi connectivity index (χ0n) is 15.2. The van der Waals surface area contributed by atoms with Gasteiger partial charge >= 0.3 is 5.97 Å². The number of hydrogen-bond donors (Lipinski definition) is 2. The number of carboxylic acid groups (broad SMARTS) is 1. The summed E-state index contributed by atoms with van der Waals surface area (Å²) < 4.78 is 0. The molecule has 1 atom stereocenters. The molecule has 3 aromatic rings. The van der Waals surface area contributed by atoms with Crippen molar-refractivity contribution in [1.82, 2.24) is 20.1 Å². The Morgan fingerprint density at radius 3 is 2.72 bits per heavy atom. The molecule has 0 saturated heterocycles. The molecule has 4 rings (SSSR count). The van der Waals surface area contributed by atoms with E-state index in [0.29, 0.717) is 24.5 Å². The van der Waals surface area contributed by atoms with Crippen LogP contribution in [0.2, 0.25) is 5.02 Å². The lowest BCUT2D eigenvalue weighted by molar-refractivity contribution is -0.144. The van der Waals surface area contributed by atoms with Crippen molar-refractivity contribution >= 4 is 59.2 Å². The second kappa shape index (κ2) is 9.43. The fourth-order valence-corrected chi connectivity index (χ4v) is 3.92. The molecule has 1 aromatic carbocycles. The smallest absolute Gasteiger partial charge is 0.304 e. The van der Waals surface area contributed by atoms with Gasteiger partial charge in [0, 0.05) is 30.9 Å². The minimum Gasteiger partial charge on any atom is -0.481 e. The predicted octanol–water partition coefficient (Wildman–Crippen LogP) is 3.63. The SMILES string of the molecule is Cl.Cl.O=C(O)C[C@@H]1Cc2cc(Cl)c3[nH]ncc3c2CN(Cc2ccncc2)C1=O. The van der Waals surface area contributed by atoms with Crippen molar-refractivity contribution in [2.45, 2.75) is 25.9 Å². The van der Waals surface area contributed by atoms with Gasteiger partial charge in [0.1, 0.15) is 0 Å². The van der Waals surface area contributed by atoms with Crippen molar-refractivity contribution in [2.24, 2.45) is 5.92 Å². The molecule has 1 aliphatic heterocycles. The van der Waals surface area contributed by atoms with E-state index in [1.165, 1.54) is 0 Å². The average molecular weight is 458 g/mol. The van der Waals surface area contributed by atoms with Gasteiger partial charge in [-0.05, 0) is 41.3 Å². The molecule has 0 radical (unpaired) electrons. The van der Waals surface area contributed by atoms with E-state index in [2.05, 4.69) is 15.2 Å². The summed E-state index contributed by atoms with van der Waals surface area (Å²) in [4.78, 5) is 30.1. The summed E-state index contributed by atoms with van der Waals surface area (Å²) in [7, 11) is 0. The van der Waals surface area contributed by atoms with E-state index < -0.39 is 11.9 Å². The number of aromatic amines is 1. The molecule has 1 amide bonds. The number of halogens is 3. The van der Waals surface area contributed by atoms with Gasteiger partial charge in [0.05, 0.1) is 29.1 Å². The van der Waals surface area contributed by atoms with E-state index in [9.17, 15) is 14.7 Å². The Kier molecular flexibility index (Phi) is 7.46. The van der Waals surface area contributed by atoms with E-state index in [4.69, 9.17) is 11.6 Å². The molecule has 29 heavy (non-hydrogen) atoms. The Balaban J connectivity index is 0.00000150. The van der Waals surface area contributed by atoms with Crippen molar-refractivity contribution in [3.05, 3.63) is 58.5 Å². The highest BCUT2D eigenvalue weighted by Crippen LogP contribution is 2.34. The quantitative estimate of drug-likeness (QED) is 0.623. The number of carbonyl (C=O) groups excluding carboxylic acids is 1. The number of nitrogens with one attached hydrogen (secondary N) is 1. The van der Waals surface area contributed by atoms with Crippen LogP contribution in [-0.2, 0) is 29.1 Å². The maximum atomic E-state index is 13.1. The molecule has 154 valence electrons. The van der Waals surface area contributed by atoms with E-state index in [1.807, 2.05) is 18.2 Å². The molecule has 0 spiro atoms. The Hall–Kier alpha value is -2.35. The van der Waals surface area contributed by atoms with Gasteiger partial charge in [-0.1, -0.05) is 11.6 Å². The summed E-state index contributed by atoms with van der Waals surface area (Å²) in [5.41, 5.74) is 3.51. The summed E-state index contributed by atoms with van der Waals surface area (Å²) >= 11 is 6.35. The first kappa shape index (κ1) is 22.9. The zero-order valence-corrected chi connectivity index (χ0v) is 17.6. The average Bonchev–Trinajstić information content (AvgIpc) is 3.09. The minimum absolute atomic E-state index is 0. The normalized spacial score (nSPS) is 15.8. The maximum absolute atomic E-state index is 13.1. The van der Waals surface area contributed by atoms with E-state index >= 15 is 0 Å². The van der Waals surface area contributed by atoms with E-state index in [0.717, 1.165) is 27.6 Å². The van der Waals surface area contributed by atoms with Crippen LogP contribution < -0.4 is 0 Å². The number of pyridine rings is 1. The molecule has 3 heterocycles. The molecule has 10 heteroatoms.